The number of nitrogens with zero attached hydrogens (tertiary/aromatic N) is 8. The summed E-state index contributed by atoms with van der Waals surface area (Å²) in [6.45, 7) is 1.79. The maximum atomic E-state index is 15.3. The van der Waals surface area contributed by atoms with Gasteiger partial charge >= 0.3 is 11.9 Å². The highest BCUT2D eigenvalue weighted by atomic mass is 32.2. The number of anilines is 1. The van der Waals surface area contributed by atoms with Gasteiger partial charge in [0.15, 0.2) is 23.0 Å². The molecule has 0 radical (unpaired) electrons. The molecule has 0 saturated carbocycles. The second-order valence-corrected chi connectivity index (χ2v) is 24.4. The highest BCUT2D eigenvalue weighted by Gasteiger charge is 2.55. The monoisotopic (exact) mass is 1260 g/mol. The Kier molecular flexibility index (Phi) is 18.1. The van der Waals surface area contributed by atoms with Crippen LogP contribution in [0.1, 0.15) is 91.0 Å². The Balaban J connectivity index is 0.876. The first kappa shape index (κ1) is 60.2. The van der Waals surface area contributed by atoms with E-state index < -0.39 is 52.8 Å². The van der Waals surface area contributed by atoms with Gasteiger partial charge in [0.25, 0.3) is 23.4 Å². The van der Waals surface area contributed by atoms with E-state index in [2.05, 4.69) is 25.5 Å². The van der Waals surface area contributed by atoms with Crippen LogP contribution in [0, 0.1) is 18.3 Å². The van der Waals surface area contributed by atoms with Crippen molar-refractivity contribution in [3.8, 4) is 6.07 Å². The van der Waals surface area contributed by atoms with Gasteiger partial charge in [-0.3, -0.25) is 14.5 Å². The van der Waals surface area contributed by atoms with Crippen LogP contribution in [-0.2, 0) is 34.1 Å². The van der Waals surface area contributed by atoms with Crippen molar-refractivity contribution in [2.24, 2.45) is 5.16 Å². The van der Waals surface area contributed by atoms with Crippen molar-refractivity contribution in [1.82, 2.24) is 34.8 Å². The van der Waals surface area contributed by atoms with Gasteiger partial charge in [-0.15, -0.1) is 28.6 Å². The first-order chi connectivity index (χ1) is 44.0. The van der Waals surface area contributed by atoms with E-state index in [4.69, 9.17) is 37.2 Å². The molecule has 0 spiro atoms. The van der Waals surface area contributed by atoms with E-state index in [1.807, 2.05) is 218 Å². The number of oxime groups is 1. The van der Waals surface area contributed by atoms with Gasteiger partial charge in [0, 0.05) is 30.0 Å². The number of amides is 2. The number of thioether (sulfide) groups is 2. The molecule has 2 aliphatic rings. The fourth-order valence-corrected chi connectivity index (χ4v) is 14.6. The molecule has 90 heavy (non-hydrogen) atoms. The van der Waals surface area contributed by atoms with Crippen LogP contribution in [0.4, 0.5) is 5.00 Å². The van der Waals surface area contributed by atoms with Crippen molar-refractivity contribution >= 4 is 92.4 Å². The molecule has 3 aromatic heterocycles. The number of ether oxygens (including phenoxy) is 2. The van der Waals surface area contributed by atoms with Crippen LogP contribution < -0.4 is 11.1 Å². The summed E-state index contributed by atoms with van der Waals surface area (Å²) in [7, 11) is 0. The number of benzene rings is 7. The van der Waals surface area contributed by atoms with Gasteiger partial charge in [0.2, 0.25) is 0 Å². The minimum atomic E-state index is -1.20. The van der Waals surface area contributed by atoms with Gasteiger partial charge in [0.05, 0.1) is 11.5 Å². The number of nitriles is 1. The zero-order valence-electron chi connectivity index (χ0n) is 48.1. The van der Waals surface area contributed by atoms with Gasteiger partial charge in [0.1, 0.15) is 37.8 Å². The summed E-state index contributed by atoms with van der Waals surface area (Å²) in [4.78, 5) is 80.9. The first-order valence-electron chi connectivity index (χ1n) is 28.5. The Bertz CT molecular complexity index is 4210. The molecule has 1 saturated heterocycles. The van der Waals surface area contributed by atoms with Crippen LogP contribution in [0.15, 0.2) is 240 Å². The topological polar surface area (TPSA) is 229 Å². The molecule has 10 aromatic rings. The first-order valence-corrected chi connectivity index (χ1v) is 31.8. The fraction of sp³-hybridized carbons (Fsp3) is 0.145. The van der Waals surface area contributed by atoms with Gasteiger partial charge in [-0.2, -0.15) is 14.8 Å². The van der Waals surface area contributed by atoms with E-state index in [0.29, 0.717) is 32.4 Å². The number of hydrogen-bond acceptors (Lipinski definition) is 18. The molecule has 5 heterocycles. The lowest BCUT2D eigenvalue weighted by molar-refractivity contribution is -0.154. The number of rotatable bonds is 21. The maximum Gasteiger partial charge on any atom is 0.379 e. The van der Waals surface area contributed by atoms with Gasteiger partial charge in [-0.1, -0.05) is 229 Å². The number of nitrogens with one attached hydrogen (secondary N) is 1. The number of aryl methyl sites for hydroxylation is 1. The zero-order valence-corrected chi connectivity index (χ0v) is 51.3. The largest absolute Gasteiger partial charge is 0.448 e. The molecule has 12 rings (SSSR count). The van der Waals surface area contributed by atoms with E-state index in [0.717, 1.165) is 27.8 Å². The Labute approximate surface area is 535 Å². The number of nitrogen functional groups attached to an aromatic ring is 1. The quantitative estimate of drug-likeness (QED) is 0.00996. The Morgan fingerprint density at radius 1 is 0.733 bits per heavy atom. The molecule has 0 aliphatic carbocycles. The van der Waals surface area contributed by atoms with Crippen LogP contribution in [0.5, 0.6) is 0 Å². The number of thiazole rings is 1. The molecule has 17 nitrogen and oxygen atoms in total. The molecule has 21 heteroatoms. The minimum Gasteiger partial charge on any atom is -0.448 e. The van der Waals surface area contributed by atoms with E-state index >= 15 is 14.4 Å². The van der Waals surface area contributed by atoms with Crippen LogP contribution >= 0.6 is 47.1 Å². The lowest BCUT2D eigenvalue weighted by Gasteiger charge is -2.49. The summed E-state index contributed by atoms with van der Waals surface area (Å²) < 4.78 is 14.1. The lowest BCUT2D eigenvalue weighted by atomic mass is 9.70. The maximum absolute atomic E-state index is 15.3. The number of hydrogen-bond donors (Lipinski definition) is 2. The highest BCUT2D eigenvalue weighted by molar-refractivity contribution is 8.01. The smallest absolute Gasteiger partial charge is 0.379 e. The summed E-state index contributed by atoms with van der Waals surface area (Å²) in [5.74, 6) is -2.73. The van der Waals surface area contributed by atoms with Gasteiger partial charge in [-0.05, 0) is 69.7 Å². The predicted molar refractivity (Wildman–Crippen MR) is 349 cm³/mol. The fourth-order valence-electron chi connectivity index (χ4n) is 10.9. The van der Waals surface area contributed by atoms with Crippen molar-refractivity contribution in [3.05, 3.63) is 291 Å². The average molecular weight is 1260 g/mol. The number of thiocarbonyl (C=S) groups is 1. The minimum absolute atomic E-state index is 0.00360. The average Bonchev–Trinajstić information content (AvgIpc) is 1.02. The van der Waals surface area contributed by atoms with Crippen LogP contribution in [0.25, 0.3) is 5.78 Å². The lowest BCUT2D eigenvalue weighted by Crippen LogP contribution is -2.71. The van der Waals surface area contributed by atoms with E-state index in [9.17, 15) is 10.1 Å². The number of esters is 2. The van der Waals surface area contributed by atoms with E-state index in [1.165, 1.54) is 44.3 Å². The molecule has 0 bridgehead atoms. The third-order valence-electron chi connectivity index (χ3n) is 15.1. The van der Waals surface area contributed by atoms with E-state index in [1.54, 1.807) is 13.0 Å². The molecule has 2 atom stereocenters. The van der Waals surface area contributed by atoms with E-state index in [-0.39, 0.29) is 63.1 Å². The number of carbonyl (C=O) groups excluding carboxylic acids is 4. The molecule has 0 unspecified atom stereocenters. The number of nitrogens with two attached hydrogens (primary N) is 1. The van der Waals surface area contributed by atoms with Crippen molar-refractivity contribution in [2.45, 2.75) is 53.8 Å². The molecular weight excluding hydrogens is 1210 g/mol. The standard InChI is InChI=1S/C69H54N10O7S4/c1-43-40-52(79-68(72-43)75-61(76-79)66(83)85-59(46-28-13-4-14-29-46)47-30-15-5-16-31-47)88-41-48-42-89-64-56(63(81)78(64)57(48)65(82)84-58(44-24-9-2-10-25-44)45-26-11-3-12-27-45)73-62(80)55(77-86-53(87)38-23-39-70)54-60(71)90-67(74-54)69(49-32-17-6-18-33-49,50-34-19-7-20-35-50)51-36-21-8-22-37-51/h2-22,24-37,40,56,58-59,64H,23,38,41-42,71H2,1H3,(H,73,80)/t56-,64-/m1/s1. The van der Waals surface area contributed by atoms with Crippen LogP contribution in [-0.4, -0.2) is 86.9 Å². The molecule has 1 fully saturated rings. The third kappa shape index (κ3) is 12.4. The predicted octanol–water partition coefficient (Wildman–Crippen LogP) is 11.9. The SMILES string of the molecule is Cc1cc(SCC2=C(C(=O)OC(c3ccccc3)c3ccccc3)N3C(=O)[C@@H](NC(=O)C(=NOC(=S)CCC#N)c4nc(C(c5ccccc5)(c5ccccc5)c5ccccc5)sc4N)[C@H]3SC2)n2nc(C(=O)OC(c3ccccc3)c3ccccc3)nc2n1. The molecule has 3 N–H and O–H groups in total. The summed E-state index contributed by atoms with van der Waals surface area (Å²) >= 11 is 9.26. The van der Waals surface area contributed by atoms with Crippen molar-refractivity contribution in [2.75, 3.05) is 17.2 Å². The summed E-state index contributed by atoms with van der Waals surface area (Å²) in [5.41, 5.74) is 12.2. The highest BCUT2D eigenvalue weighted by Crippen LogP contribution is 2.48. The molecule has 446 valence electrons. The molecular formula is C69H54N10O7S4. The molecule has 2 aliphatic heterocycles. The van der Waals surface area contributed by atoms with Crippen molar-refractivity contribution in [1.29, 1.82) is 5.26 Å². The second kappa shape index (κ2) is 27.1. The molecule has 7 aromatic carbocycles. The van der Waals surface area contributed by atoms with Crippen molar-refractivity contribution < 1.29 is 33.5 Å². The summed E-state index contributed by atoms with van der Waals surface area (Å²) in [6.07, 6.45) is -1.55. The van der Waals surface area contributed by atoms with Crippen LogP contribution in [0.3, 0.4) is 0 Å². The van der Waals surface area contributed by atoms with Crippen LogP contribution in [0.2, 0.25) is 0 Å². The summed E-state index contributed by atoms with van der Waals surface area (Å²) in [6, 6.07) is 69.5. The van der Waals surface area contributed by atoms with Gasteiger partial charge < -0.3 is 25.4 Å². The van der Waals surface area contributed by atoms with Gasteiger partial charge in [-0.25, -0.2) is 19.6 Å². The normalized spacial score (nSPS) is 14.8. The number of fused-ring (bicyclic) bond motifs is 2. The Hall–Kier alpha value is -10.1. The number of carbonyl (C=O) groups is 4. The number of aromatic nitrogens is 5. The number of β-lactam (4-membered cyclic amide) rings is 1. The summed E-state index contributed by atoms with van der Waals surface area (Å²) in [5, 5.41) is 21.5. The Morgan fingerprint density at radius 3 is 1.72 bits per heavy atom. The second-order valence-electron chi connectivity index (χ2n) is 20.8. The zero-order chi connectivity index (χ0) is 62.1. The molecule has 2 amide bonds. The van der Waals surface area contributed by atoms with Crippen molar-refractivity contribution in [3.63, 3.8) is 0 Å². The Morgan fingerprint density at radius 2 is 1.22 bits per heavy atom. The third-order valence-corrected chi connectivity index (χ3v) is 18.8.